The maximum absolute atomic E-state index is 8.40. The van der Waals surface area contributed by atoms with Gasteiger partial charge < -0.3 is 10.1 Å². The Morgan fingerprint density at radius 2 is 2.21 bits per heavy atom. The number of nitrogens with zero attached hydrogens (tertiary/aromatic N) is 1. The molecule has 0 bridgehead atoms. The van der Waals surface area contributed by atoms with Crippen LogP contribution in [0.15, 0.2) is 24.3 Å². The van der Waals surface area contributed by atoms with Crippen LogP contribution >= 0.6 is 0 Å². The second-order valence-corrected chi connectivity index (χ2v) is 2.76. The van der Waals surface area contributed by atoms with Gasteiger partial charge in [0.05, 0.1) is 24.8 Å². The number of benzene rings is 1. The van der Waals surface area contributed by atoms with Crippen molar-refractivity contribution in [1.29, 1.82) is 5.26 Å². The predicted molar refractivity (Wildman–Crippen MR) is 56.3 cm³/mol. The summed E-state index contributed by atoms with van der Waals surface area (Å²) in [5, 5.41) is 11.5. The van der Waals surface area contributed by atoms with E-state index in [1.807, 2.05) is 31.2 Å². The largest absolute Gasteiger partial charge is 0.492 e. The van der Waals surface area contributed by atoms with E-state index in [9.17, 15) is 0 Å². The first-order valence-corrected chi connectivity index (χ1v) is 4.71. The number of para-hydroxylation sites is 2. The van der Waals surface area contributed by atoms with Crippen molar-refractivity contribution >= 4 is 5.69 Å². The Balaban J connectivity index is 2.60. The standard InChI is InChI=1S/C11H14N2O/c1-2-14-11-7-4-3-6-10(11)13-9-5-8-12/h3-4,6-7,13H,2,5,9H2,1H3. The molecule has 1 aromatic rings. The third-order valence-corrected chi connectivity index (χ3v) is 1.74. The molecule has 0 amide bonds. The van der Waals surface area contributed by atoms with Crippen LogP contribution in [0.1, 0.15) is 13.3 Å². The minimum absolute atomic E-state index is 0.500. The summed E-state index contributed by atoms with van der Waals surface area (Å²) in [5.41, 5.74) is 0.949. The molecule has 0 aromatic heterocycles. The Labute approximate surface area is 84.3 Å². The molecule has 1 N–H and O–H groups in total. The fourth-order valence-corrected chi connectivity index (χ4v) is 1.15. The number of hydrogen-bond acceptors (Lipinski definition) is 3. The van der Waals surface area contributed by atoms with Crippen molar-refractivity contribution in [2.75, 3.05) is 18.5 Å². The van der Waals surface area contributed by atoms with E-state index in [0.29, 0.717) is 19.6 Å². The Morgan fingerprint density at radius 3 is 2.93 bits per heavy atom. The maximum atomic E-state index is 8.40. The molecular weight excluding hydrogens is 176 g/mol. The summed E-state index contributed by atoms with van der Waals surface area (Å²) >= 11 is 0. The van der Waals surface area contributed by atoms with E-state index in [4.69, 9.17) is 10.00 Å². The third kappa shape index (κ3) is 2.98. The maximum Gasteiger partial charge on any atom is 0.142 e. The summed E-state index contributed by atoms with van der Waals surface area (Å²) in [6, 6.07) is 9.82. The van der Waals surface area contributed by atoms with E-state index in [1.54, 1.807) is 0 Å². The lowest BCUT2D eigenvalue weighted by atomic mass is 10.3. The van der Waals surface area contributed by atoms with Crippen molar-refractivity contribution in [2.24, 2.45) is 0 Å². The summed E-state index contributed by atoms with van der Waals surface area (Å²) < 4.78 is 5.42. The van der Waals surface area contributed by atoms with Gasteiger partial charge in [-0.3, -0.25) is 0 Å². The van der Waals surface area contributed by atoms with Crippen molar-refractivity contribution in [3.63, 3.8) is 0 Å². The molecular formula is C11H14N2O. The Morgan fingerprint density at radius 1 is 1.43 bits per heavy atom. The van der Waals surface area contributed by atoms with Crippen molar-refractivity contribution < 1.29 is 4.74 Å². The molecule has 0 heterocycles. The molecule has 1 aromatic carbocycles. The molecule has 14 heavy (non-hydrogen) atoms. The van der Waals surface area contributed by atoms with E-state index in [-0.39, 0.29) is 0 Å². The van der Waals surface area contributed by atoms with E-state index in [1.165, 1.54) is 0 Å². The van der Waals surface area contributed by atoms with Gasteiger partial charge in [-0.15, -0.1) is 0 Å². The van der Waals surface area contributed by atoms with E-state index < -0.39 is 0 Å². The van der Waals surface area contributed by atoms with Gasteiger partial charge in [0.2, 0.25) is 0 Å². The number of hydrogen-bond donors (Lipinski definition) is 1. The molecule has 74 valence electrons. The van der Waals surface area contributed by atoms with Gasteiger partial charge in [-0.05, 0) is 19.1 Å². The van der Waals surface area contributed by atoms with E-state index >= 15 is 0 Å². The van der Waals surface area contributed by atoms with Crippen molar-refractivity contribution in [3.8, 4) is 11.8 Å². The molecule has 0 aliphatic rings. The zero-order valence-electron chi connectivity index (χ0n) is 8.29. The fraction of sp³-hybridized carbons (Fsp3) is 0.364. The summed E-state index contributed by atoms with van der Waals surface area (Å²) in [7, 11) is 0. The number of ether oxygens (including phenoxy) is 1. The van der Waals surface area contributed by atoms with Crippen LogP contribution in [-0.2, 0) is 0 Å². The van der Waals surface area contributed by atoms with Gasteiger partial charge in [0, 0.05) is 6.54 Å². The van der Waals surface area contributed by atoms with Crippen LogP contribution in [0.4, 0.5) is 5.69 Å². The topological polar surface area (TPSA) is 45.0 Å². The first kappa shape index (κ1) is 10.4. The molecule has 0 atom stereocenters. The van der Waals surface area contributed by atoms with Gasteiger partial charge in [-0.2, -0.15) is 5.26 Å². The minimum atomic E-state index is 0.500. The highest BCUT2D eigenvalue weighted by atomic mass is 16.5. The van der Waals surface area contributed by atoms with Crippen LogP contribution in [-0.4, -0.2) is 13.2 Å². The number of anilines is 1. The van der Waals surface area contributed by atoms with Crippen molar-refractivity contribution in [1.82, 2.24) is 0 Å². The minimum Gasteiger partial charge on any atom is -0.492 e. The zero-order chi connectivity index (χ0) is 10.2. The SMILES string of the molecule is CCOc1ccccc1NCCC#N. The molecule has 0 spiro atoms. The second-order valence-electron chi connectivity index (χ2n) is 2.76. The highest BCUT2D eigenvalue weighted by Crippen LogP contribution is 2.23. The number of rotatable bonds is 5. The van der Waals surface area contributed by atoms with Gasteiger partial charge in [-0.25, -0.2) is 0 Å². The lowest BCUT2D eigenvalue weighted by Gasteiger charge is -2.10. The third-order valence-electron chi connectivity index (χ3n) is 1.74. The van der Waals surface area contributed by atoms with Crippen LogP contribution in [0.25, 0.3) is 0 Å². The molecule has 0 unspecified atom stereocenters. The summed E-state index contributed by atoms with van der Waals surface area (Å²) in [4.78, 5) is 0. The van der Waals surface area contributed by atoms with Gasteiger partial charge in [-0.1, -0.05) is 12.1 Å². The van der Waals surface area contributed by atoms with Crippen molar-refractivity contribution in [3.05, 3.63) is 24.3 Å². The normalized spacial score (nSPS) is 9.14. The van der Waals surface area contributed by atoms with Crippen LogP contribution < -0.4 is 10.1 Å². The van der Waals surface area contributed by atoms with Crippen LogP contribution in [0, 0.1) is 11.3 Å². The highest BCUT2D eigenvalue weighted by Gasteiger charge is 1.99. The lowest BCUT2D eigenvalue weighted by molar-refractivity contribution is 0.342. The molecule has 3 nitrogen and oxygen atoms in total. The molecule has 0 radical (unpaired) electrons. The first-order valence-electron chi connectivity index (χ1n) is 4.71. The molecule has 0 aliphatic heterocycles. The average Bonchev–Trinajstić information content (AvgIpc) is 2.21. The van der Waals surface area contributed by atoms with Gasteiger partial charge in [0.1, 0.15) is 5.75 Å². The quantitative estimate of drug-likeness (QED) is 0.725. The van der Waals surface area contributed by atoms with Crippen LogP contribution in [0.5, 0.6) is 5.75 Å². The van der Waals surface area contributed by atoms with E-state index in [0.717, 1.165) is 11.4 Å². The zero-order valence-corrected chi connectivity index (χ0v) is 8.29. The summed E-state index contributed by atoms with van der Waals surface area (Å²) in [6.45, 7) is 3.25. The van der Waals surface area contributed by atoms with Gasteiger partial charge in [0.25, 0.3) is 0 Å². The smallest absolute Gasteiger partial charge is 0.142 e. The fourth-order valence-electron chi connectivity index (χ4n) is 1.15. The van der Waals surface area contributed by atoms with Crippen molar-refractivity contribution in [2.45, 2.75) is 13.3 Å². The Kier molecular flexibility index (Phi) is 4.36. The molecule has 0 aliphatic carbocycles. The molecule has 0 fully saturated rings. The lowest BCUT2D eigenvalue weighted by Crippen LogP contribution is -2.03. The highest BCUT2D eigenvalue weighted by molar-refractivity contribution is 5.56. The number of nitrogens with one attached hydrogen (secondary N) is 1. The monoisotopic (exact) mass is 190 g/mol. The summed E-state index contributed by atoms with van der Waals surface area (Å²) in [6.07, 6.45) is 0.500. The molecule has 1 rings (SSSR count). The van der Waals surface area contributed by atoms with Gasteiger partial charge >= 0.3 is 0 Å². The molecule has 3 heteroatoms. The first-order chi connectivity index (χ1) is 6.88. The Hall–Kier alpha value is -1.69. The number of nitriles is 1. The average molecular weight is 190 g/mol. The molecule has 0 saturated heterocycles. The summed E-state index contributed by atoms with van der Waals surface area (Å²) in [5.74, 6) is 0.841. The van der Waals surface area contributed by atoms with Crippen LogP contribution in [0.2, 0.25) is 0 Å². The van der Waals surface area contributed by atoms with Crippen LogP contribution in [0.3, 0.4) is 0 Å². The Bertz CT molecular complexity index is 317. The second kappa shape index (κ2) is 5.87. The van der Waals surface area contributed by atoms with E-state index in [2.05, 4.69) is 11.4 Å². The predicted octanol–water partition coefficient (Wildman–Crippen LogP) is 2.41. The van der Waals surface area contributed by atoms with Gasteiger partial charge in [0.15, 0.2) is 0 Å². The molecule has 0 saturated carbocycles.